The monoisotopic (exact) mass is 463 g/mol. The Hall–Kier alpha value is -3.13. The van der Waals surface area contributed by atoms with E-state index in [-0.39, 0.29) is 6.61 Å². The molecule has 8 heteroatoms. The SMILES string of the molecule is COc1cc(CO)c(-c2cn3ccc(N4CC[C@H](NCc5cccnc5)C4)cc3n2)cc1Cl. The predicted molar refractivity (Wildman–Crippen MR) is 130 cm³/mol. The summed E-state index contributed by atoms with van der Waals surface area (Å²) in [5.41, 5.74) is 5.49. The number of imidazole rings is 1. The maximum Gasteiger partial charge on any atom is 0.139 e. The molecule has 1 fully saturated rings. The van der Waals surface area contributed by atoms with Gasteiger partial charge in [-0.2, -0.15) is 0 Å². The summed E-state index contributed by atoms with van der Waals surface area (Å²) in [6.07, 6.45) is 8.78. The minimum absolute atomic E-state index is 0.122. The van der Waals surface area contributed by atoms with Crippen LogP contribution in [0.25, 0.3) is 16.9 Å². The largest absolute Gasteiger partial charge is 0.495 e. The van der Waals surface area contributed by atoms with Gasteiger partial charge in [0.2, 0.25) is 0 Å². The van der Waals surface area contributed by atoms with Gasteiger partial charge in [-0.3, -0.25) is 4.98 Å². The number of benzene rings is 1. The second-order valence-electron chi connectivity index (χ2n) is 8.25. The van der Waals surface area contributed by atoms with Crippen molar-refractivity contribution in [3.8, 4) is 17.0 Å². The van der Waals surface area contributed by atoms with E-state index < -0.39 is 0 Å². The van der Waals surface area contributed by atoms with Gasteiger partial charge in [0.25, 0.3) is 0 Å². The number of aliphatic hydroxyl groups excluding tert-OH is 1. The molecule has 1 aromatic carbocycles. The quantitative estimate of drug-likeness (QED) is 0.432. The predicted octanol–water partition coefficient (Wildman–Crippen LogP) is 3.92. The average Bonchev–Trinajstić information content (AvgIpc) is 3.50. The van der Waals surface area contributed by atoms with Crippen LogP contribution in [0.4, 0.5) is 5.69 Å². The highest BCUT2D eigenvalue weighted by molar-refractivity contribution is 6.32. The number of nitrogens with one attached hydrogen (secondary N) is 1. The average molecular weight is 464 g/mol. The van der Waals surface area contributed by atoms with Crippen molar-refractivity contribution in [3.05, 3.63) is 77.3 Å². The number of rotatable bonds is 7. The molecule has 1 atom stereocenters. The fourth-order valence-corrected chi connectivity index (χ4v) is 4.59. The molecule has 33 heavy (non-hydrogen) atoms. The van der Waals surface area contributed by atoms with Crippen LogP contribution in [0.3, 0.4) is 0 Å². The van der Waals surface area contributed by atoms with Gasteiger partial charge in [0.05, 0.1) is 24.4 Å². The van der Waals surface area contributed by atoms with Crippen molar-refractivity contribution < 1.29 is 9.84 Å². The van der Waals surface area contributed by atoms with E-state index >= 15 is 0 Å². The zero-order chi connectivity index (χ0) is 22.8. The summed E-state index contributed by atoms with van der Waals surface area (Å²) in [6, 6.07) is 12.3. The molecule has 1 saturated heterocycles. The number of aromatic nitrogens is 3. The number of pyridine rings is 2. The highest BCUT2D eigenvalue weighted by Crippen LogP contribution is 2.34. The number of anilines is 1. The summed E-state index contributed by atoms with van der Waals surface area (Å²) in [5.74, 6) is 0.538. The van der Waals surface area contributed by atoms with E-state index in [1.54, 1.807) is 25.4 Å². The van der Waals surface area contributed by atoms with Crippen LogP contribution >= 0.6 is 11.6 Å². The first kappa shape index (κ1) is 21.7. The maximum absolute atomic E-state index is 9.85. The molecule has 3 aromatic heterocycles. The van der Waals surface area contributed by atoms with Crippen molar-refractivity contribution in [1.82, 2.24) is 19.7 Å². The number of nitrogens with zero attached hydrogens (tertiary/aromatic N) is 4. The number of ether oxygens (including phenoxy) is 1. The molecule has 0 amide bonds. The van der Waals surface area contributed by atoms with Crippen molar-refractivity contribution in [2.24, 2.45) is 0 Å². The second kappa shape index (κ2) is 9.39. The molecule has 0 radical (unpaired) electrons. The van der Waals surface area contributed by atoms with Crippen molar-refractivity contribution >= 4 is 22.9 Å². The van der Waals surface area contributed by atoms with E-state index in [9.17, 15) is 5.11 Å². The van der Waals surface area contributed by atoms with Crippen LogP contribution in [0.1, 0.15) is 17.5 Å². The number of fused-ring (bicyclic) bond motifs is 1. The van der Waals surface area contributed by atoms with Gasteiger partial charge < -0.3 is 24.5 Å². The molecule has 4 aromatic rings. The molecule has 1 aliphatic heterocycles. The van der Waals surface area contributed by atoms with Crippen LogP contribution in [0, 0.1) is 0 Å². The van der Waals surface area contributed by atoms with Gasteiger partial charge in [-0.05, 0) is 41.8 Å². The summed E-state index contributed by atoms with van der Waals surface area (Å²) in [6.45, 7) is 2.65. The molecular formula is C25H26ClN5O2. The Labute approximate surface area is 197 Å². The Bertz CT molecular complexity index is 1260. The lowest BCUT2D eigenvalue weighted by Gasteiger charge is -2.19. The van der Waals surface area contributed by atoms with Gasteiger partial charge in [0, 0.05) is 67.8 Å². The van der Waals surface area contributed by atoms with E-state index in [4.69, 9.17) is 21.3 Å². The fraction of sp³-hybridized carbons (Fsp3) is 0.280. The lowest BCUT2D eigenvalue weighted by atomic mass is 10.1. The van der Waals surface area contributed by atoms with Crippen molar-refractivity contribution in [3.63, 3.8) is 0 Å². The summed E-state index contributed by atoms with van der Waals surface area (Å²) in [7, 11) is 1.56. The van der Waals surface area contributed by atoms with Crippen molar-refractivity contribution in [2.75, 3.05) is 25.1 Å². The highest BCUT2D eigenvalue weighted by Gasteiger charge is 2.23. The number of hydrogen-bond donors (Lipinski definition) is 2. The van der Waals surface area contributed by atoms with Crippen LogP contribution in [-0.4, -0.2) is 45.7 Å². The molecule has 7 nitrogen and oxygen atoms in total. The molecule has 0 bridgehead atoms. The van der Waals surface area contributed by atoms with E-state index in [0.29, 0.717) is 16.8 Å². The summed E-state index contributed by atoms with van der Waals surface area (Å²) in [5, 5.41) is 14.0. The molecule has 0 saturated carbocycles. The van der Waals surface area contributed by atoms with E-state index in [0.717, 1.165) is 54.2 Å². The van der Waals surface area contributed by atoms with Gasteiger partial charge in [-0.25, -0.2) is 4.98 Å². The topological polar surface area (TPSA) is 74.9 Å². The van der Waals surface area contributed by atoms with Gasteiger partial charge in [0.15, 0.2) is 0 Å². The molecule has 0 spiro atoms. The van der Waals surface area contributed by atoms with Crippen molar-refractivity contribution in [1.29, 1.82) is 0 Å². The molecule has 170 valence electrons. The molecule has 5 rings (SSSR count). The van der Waals surface area contributed by atoms with Crippen LogP contribution in [0.15, 0.2) is 61.2 Å². The Morgan fingerprint density at radius 2 is 2.18 bits per heavy atom. The molecule has 2 N–H and O–H groups in total. The number of methoxy groups -OCH3 is 1. The van der Waals surface area contributed by atoms with Crippen LogP contribution in [0.5, 0.6) is 5.75 Å². The molecule has 4 heterocycles. The minimum Gasteiger partial charge on any atom is -0.495 e. The third-order valence-corrected chi connectivity index (χ3v) is 6.43. The minimum atomic E-state index is -0.122. The van der Waals surface area contributed by atoms with Crippen LogP contribution in [0.2, 0.25) is 5.02 Å². The van der Waals surface area contributed by atoms with Crippen molar-refractivity contribution in [2.45, 2.75) is 25.6 Å². The number of hydrogen-bond acceptors (Lipinski definition) is 6. The number of aliphatic hydroxyl groups is 1. The first-order valence-corrected chi connectivity index (χ1v) is 11.4. The Kier molecular flexibility index (Phi) is 6.17. The molecule has 0 unspecified atom stereocenters. The standard InChI is InChI=1S/C25H26ClN5O2/c1-33-24-9-18(16-32)21(11-22(24)26)23-15-31-8-5-20(10-25(31)29-23)30-7-4-19(14-30)28-13-17-3-2-6-27-12-17/h2-3,5-6,8-12,15,19,28,32H,4,7,13-14,16H2,1H3/t19-/m0/s1. The third kappa shape index (κ3) is 4.53. The molecular weight excluding hydrogens is 438 g/mol. The van der Waals surface area contributed by atoms with Gasteiger partial charge in [0.1, 0.15) is 11.4 Å². The van der Waals surface area contributed by atoms with E-state index in [1.807, 2.05) is 29.1 Å². The maximum atomic E-state index is 9.85. The van der Waals surface area contributed by atoms with Crippen LogP contribution < -0.4 is 15.0 Å². The summed E-state index contributed by atoms with van der Waals surface area (Å²) < 4.78 is 7.27. The molecule has 1 aliphatic rings. The number of halogens is 1. The van der Waals surface area contributed by atoms with Gasteiger partial charge >= 0.3 is 0 Å². The summed E-state index contributed by atoms with van der Waals surface area (Å²) >= 11 is 6.34. The highest BCUT2D eigenvalue weighted by atomic mass is 35.5. The zero-order valence-corrected chi connectivity index (χ0v) is 19.2. The normalized spacial score (nSPS) is 16.0. The lowest BCUT2D eigenvalue weighted by molar-refractivity contribution is 0.281. The van der Waals surface area contributed by atoms with E-state index in [2.05, 4.69) is 33.4 Å². The smallest absolute Gasteiger partial charge is 0.139 e. The molecule has 0 aliphatic carbocycles. The van der Waals surface area contributed by atoms with Gasteiger partial charge in [-0.15, -0.1) is 0 Å². The first-order valence-electron chi connectivity index (χ1n) is 11.0. The first-order chi connectivity index (χ1) is 16.1. The third-order valence-electron chi connectivity index (χ3n) is 6.14. The zero-order valence-electron chi connectivity index (χ0n) is 18.4. The second-order valence-corrected chi connectivity index (χ2v) is 8.66. The van der Waals surface area contributed by atoms with Gasteiger partial charge in [-0.1, -0.05) is 17.7 Å². The van der Waals surface area contributed by atoms with E-state index in [1.165, 1.54) is 5.56 Å². The Balaban J connectivity index is 1.33. The lowest BCUT2D eigenvalue weighted by Crippen LogP contribution is -2.32. The Morgan fingerprint density at radius 1 is 1.27 bits per heavy atom. The summed E-state index contributed by atoms with van der Waals surface area (Å²) in [4.78, 5) is 11.4. The Morgan fingerprint density at radius 3 is 2.97 bits per heavy atom. The fourth-order valence-electron chi connectivity index (χ4n) is 4.35. The van der Waals surface area contributed by atoms with Crippen LogP contribution in [-0.2, 0) is 13.2 Å².